The molecule has 11 heteroatoms. The largest absolute Gasteiger partial charge is 0.494 e. The predicted octanol–water partition coefficient (Wildman–Crippen LogP) is 3.43. The topological polar surface area (TPSA) is 111 Å². The summed E-state index contributed by atoms with van der Waals surface area (Å²) in [5.41, 5.74) is 3.32. The second-order valence-electron chi connectivity index (χ2n) is 6.92. The molecule has 1 heterocycles. The molecule has 0 radical (unpaired) electrons. The van der Waals surface area contributed by atoms with Gasteiger partial charge < -0.3 is 20.1 Å². The molecule has 1 aromatic heterocycles. The number of ether oxygens (including phenoxy) is 2. The third-order valence-corrected chi connectivity index (χ3v) is 5.03. The minimum absolute atomic E-state index is 0.0612. The van der Waals surface area contributed by atoms with Gasteiger partial charge in [0, 0.05) is 41.4 Å². The van der Waals surface area contributed by atoms with Gasteiger partial charge in [-0.15, -0.1) is 0 Å². The van der Waals surface area contributed by atoms with Gasteiger partial charge in [0.05, 0.1) is 7.11 Å². The van der Waals surface area contributed by atoms with Crippen molar-refractivity contribution in [3.63, 3.8) is 0 Å². The number of carbonyl (C=O) groups excluding carboxylic acids is 3. The van der Waals surface area contributed by atoms with Gasteiger partial charge in [0.1, 0.15) is 17.0 Å². The molecule has 0 bridgehead atoms. The molecular weight excluding hydrogens is 471 g/mol. The first-order chi connectivity index (χ1) is 15.8. The number of nitrogens with zero attached hydrogens (tertiary/aromatic N) is 1. The fraction of sp³-hybridized carbons (Fsp3) is 0.227. The Balaban J connectivity index is 1.93. The number of nitrogens with one attached hydrogen (secondary N) is 3. The van der Waals surface area contributed by atoms with Gasteiger partial charge >= 0.3 is 11.8 Å². The smallest absolute Gasteiger partial charge is 0.328 e. The maximum Gasteiger partial charge on any atom is 0.328 e. The number of halogens is 2. The van der Waals surface area contributed by atoms with Gasteiger partial charge in [-0.3, -0.25) is 19.8 Å². The second-order valence-corrected chi connectivity index (χ2v) is 7.79. The number of carbonyl (C=O) groups is 3. The molecule has 3 rings (SSSR count). The average Bonchev–Trinajstić information content (AvgIpc) is 3.14. The zero-order valence-corrected chi connectivity index (χ0v) is 19.4. The number of hydrogen-bond donors (Lipinski definition) is 3. The van der Waals surface area contributed by atoms with Crippen LogP contribution in [0.1, 0.15) is 16.9 Å². The molecule has 3 aromatic rings. The summed E-state index contributed by atoms with van der Waals surface area (Å²) in [7, 11) is 3.01. The first-order valence-electron chi connectivity index (χ1n) is 9.88. The van der Waals surface area contributed by atoms with Crippen LogP contribution in [0.3, 0.4) is 0 Å². The molecule has 0 saturated heterocycles. The molecule has 0 saturated carbocycles. The van der Waals surface area contributed by atoms with Crippen LogP contribution in [0.15, 0.2) is 42.5 Å². The third-order valence-electron chi connectivity index (χ3n) is 4.59. The lowest BCUT2D eigenvalue weighted by Gasteiger charge is -2.14. The summed E-state index contributed by atoms with van der Waals surface area (Å²) in [6.07, 6.45) is 0.547. The number of anilines is 1. The number of aromatic nitrogens is 1. The van der Waals surface area contributed by atoms with Crippen LogP contribution in [0.5, 0.6) is 5.75 Å². The summed E-state index contributed by atoms with van der Waals surface area (Å²) >= 11 is 12.0. The van der Waals surface area contributed by atoms with Crippen LogP contribution in [0, 0.1) is 0 Å². The van der Waals surface area contributed by atoms with Gasteiger partial charge in [-0.05, 0) is 36.8 Å². The number of methoxy groups -OCH3 is 2. The molecule has 0 atom stereocenters. The van der Waals surface area contributed by atoms with Crippen LogP contribution in [0.4, 0.5) is 5.69 Å². The summed E-state index contributed by atoms with van der Waals surface area (Å²) in [5, 5.41) is 6.50. The zero-order chi connectivity index (χ0) is 24.0. The maximum absolute atomic E-state index is 13.1. The number of fused-ring (bicyclic) bond motifs is 1. The van der Waals surface area contributed by atoms with Gasteiger partial charge in [0.2, 0.25) is 0 Å². The van der Waals surface area contributed by atoms with Crippen LogP contribution in [0.2, 0.25) is 10.0 Å². The quantitative estimate of drug-likeness (QED) is 0.329. The molecule has 0 fully saturated rings. The number of hydrogen-bond acceptors (Lipinski definition) is 5. The Morgan fingerprint density at radius 2 is 1.73 bits per heavy atom. The van der Waals surface area contributed by atoms with E-state index in [1.54, 1.807) is 31.4 Å². The molecule has 0 aliphatic rings. The number of benzene rings is 2. The van der Waals surface area contributed by atoms with E-state index in [0.717, 1.165) is 0 Å². The van der Waals surface area contributed by atoms with E-state index in [1.165, 1.54) is 30.0 Å². The molecule has 0 unspecified atom stereocenters. The zero-order valence-electron chi connectivity index (χ0n) is 17.9. The average molecular weight is 493 g/mol. The Morgan fingerprint density at radius 3 is 2.39 bits per heavy atom. The van der Waals surface area contributed by atoms with Gasteiger partial charge in [-0.25, -0.2) is 4.68 Å². The highest BCUT2D eigenvalue weighted by Crippen LogP contribution is 2.29. The van der Waals surface area contributed by atoms with Crippen LogP contribution >= 0.6 is 23.2 Å². The predicted molar refractivity (Wildman–Crippen MR) is 127 cm³/mol. The molecule has 0 aliphatic heterocycles. The Morgan fingerprint density at radius 1 is 1.00 bits per heavy atom. The molecule has 2 aromatic carbocycles. The van der Waals surface area contributed by atoms with E-state index in [9.17, 15) is 14.4 Å². The Kier molecular flexibility index (Phi) is 8.16. The molecule has 3 N–H and O–H groups in total. The lowest BCUT2D eigenvalue weighted by Crippen LogP contribution is -2.40. The SMILES string of the molecule is COCCCNC(=O)C(=O)Nn1c(C(=O)Nc2cc(Cl)cc(Cl)c2)cc2cccc(OC)c21. The first kappa shape index (κ1) is 24.4. The number of amides is 3. The maximum atomic E-state index is 13.1. The summed E-state index contributed by atoms with van der Waals surface area (Å²) in [4.78, 5) is 37.9. The molecule has 0 aliphatic carbocycles. The van der Waals surface area contributed by atoms with E-state index >= 15 is 0 Å². The van der Waals surface area contributed by atoms with Crippen LogP contribution < -0.4 is 20.8 Å². The molecule has 3 amide bonds. The van der Waals surface area contributed by atoms with Gasteiger partial charge in [0.15, 0.2) is 0 Å². The van der Waals surface area contributed by atoms with E-state index in [2.05, 4.69) is 16.1 Å². The van der Waals surface area contributed by atoms with Crippen molar-refractivity contribution in [2.24, 2.45) is 0 Å². The van der Waals surface area contributed by atoms with Crippen LogP contribution in [-0.4, -0.2) is 49.8 Å². The first-order valence-corrected chi connectivity index (χ1v) is 10.6. The van der Waals surface area contributed by atoms with Crippen molar-refractivity contribution < 1.29 is 23.9 Å². The summed E-state index contributed by atoms with van der Waals surface area (Å²) < 4.78 is 11.5. The van der Waals surface area contributed by atoms with E-state index < -0.39 is 17.7 Å². The lowest BCUT2D eigenvalue weighted by atomic mass is 10.2. The summed E-state index contributed by atoms with van der Waals surface area (Å²) in [5.74, 6) is -1.96. The highest BCUT2D eigenvalue weighted by atomic mass is 35.5. The van der Waals surface area contributed by atoms with E-state index in [0.29, 0.717) is 45.4 Å². The molecule has 174 valence electrons. The Labute approximate surface area is 199 Å². The molecule has 0 spiro atoms. The normalized spacial score (nSPS) is 10.7. The van der Waals surface area contributed by atoms with Crippen molar-refractivity contribution in [2.45, 2.75) is 6.42 Å². The standard InChI is InChI=1S/C22H22Cl2N4O5/c1-32-8-4-7-25-21(30)22(31)27-28-17(9-13-5-3-6-18(33-2)19(13)28)20(29)26-16-11-14(23)10-15(24)12-16/h3,5-6,9-12H,4,7-8H2,1-2H3,(H,25,30)(H,26,29)(H,27,31). The number of para-hydroxylation sites is 1. The fourth-order valence-electron chi connectivity index (χ4n) is 3.15. The number of rotatable bonds is 8. The molecule has 33 heavy (non-hydrogen) atoms. The van der Waals surface area contributed by atoms with Crippen molar-refractivity contribution in [3.8, 4) is 5.75 Å². The Hall–Kier alpha value is -3.27. The summed E-state index contributed by atoms with van der Waals surface area (Å²) in [6, 6.07) is 11.3. The fourth-order valence-corrected chi connectivity index (χ4v) is 3.67. The van der Waals surface area contributed by atoms with Crippen LogP contribution in [-0.2, 0) is 14.3 Å². The Bertz CT molecular complexity index is 1170. The van der Waals surface area contributed by atoms with E-state index in [4.69, 9.17) is 32.7 Å². The molecular formula is C22H22Cl2N4O5. The van der Waals surface area contributed by atoms with Crippen molar-refractivity contribution in [2.75, 3.05) is 38.1 Å². The monoisotopic (exact) mass is 492 g/mol. The van der Waals surface area contributed by atoms with E-state index in [1.807, 2.05) is 0 Å². The van der Waals surface area contributed by atoms with Crippen molar-refractivity contribution in [1.82, 2.24) is 9.99 Å². The van der Waals surface area contributed by atoms with Gasteiger partial charge in [-0.1, -0.05) is 35.3 Å². The van der Waals surface area contributed by atoms with Crippen molar-refractivity contribution in [3.05, 3.63) is 58.2 Å². The lowest BCUT2D eigenvalue weighted by molar-refractivity contribution is -0.136. The highest BCUT2D eigenvalue weighted by Gasteiger charge is 2.22. The van der Waals surface area contributed by atoms with Crippen LogP contribution in [0.25, 0.3) is 10.9 Å². The van der Waals surface area contributed by atoms with E-state index in [-0.39, 0.29) is 12.2 Å². The second kappa shape index (κ2) is 11.0. The van der Waals surface area contributed by atoms with Gasteiger partial charge in [-0.2, -0.15) is 0 Å². The van der Waals surface area contributed by atoms with Gasteiger partial charge in [0.25, 0.3) is 5.91 Å². The highest BCUT2D eigenvalue weighted by molar-refractivity contribution is 6.38. The minimum Gasteiger partial charge on any atom is -0.494 e. The minimum atomic E-state index is -0.948. The van der Waals surface area contributed by atoms with Crippen molar-refractivity contribution >= 4 is 57.5 Å². The third kappa shape index (κ3) is 5.95. The summed E-state index contributed by atoms with van der Waals surface area (Å²) in [6.45, 7) is 0.706. The van der Waals surface area contributed by atoms with Crippen molar-refractivity contribution in [1.29, 1.82) is 0 Å². The molecule has 9 nitrogen and oxygen atoms in total.